The second-order valence-electron chi connectivity index (χ2n) is 4.00. The van der Waals surface area contributed by atoms with E-state index in [-0.39, 0.29) is 24.4 Å². The fourth-order valence-corrected chi connectivity index (χ4v) is 2.38. The number of rotatable bonds is 4. The van der Waals surface area contributed by atoms with Gasteiger partial charge in [-0.1, -0.05) is 6.92 Å². The summed E-state index contributed by atoms with van der Waals surface area (Å²) in [6.07, 6.45) is 2.05. The number of nitrogens with zero attached hydrogens (tertiary/aromatic N) is 1. The molecule has 1 aliphatic heterocycles. The number of nitrogens with one attached hydrogen (secondary N) is 1. The third-order valence-electron chi connectivity index (χ3n) is 2.54. The molecule has 0 radical (unpaired) electrons. The van der Waals surface area contributed by atoms with Gasteiger partial charge in [-0.15, -0.1) is 0 Å². The molecule has 0 saturated carbocycles. The van der Waals surface area contributed by atoms with Crippen molar-refractivity contribution in [3.63, 3.8) is 0 Å². The maximum atomic E-state index is 11.6. The Kier molecular flexibility index (Phi) is 4.45. The fourth-order valence-electron chi connectivity index (χ4n) is 1.70. The highest BCUT2D eigenvalue weighted by molar-refractivity contribution is 7.98. The van der Waals surface area contributed by atoms with Crippen LogP contribution in [-0.2, 0) is 9.59 Å². The first kappa shape index (κ1) is 12.4. The van der Waals surface area contributed by atoms with E-state index in [1.54, 1.807) is 23.6 Å². The fraction of sp³-hybridized carbons (Fsp3) is 0.800. The molecule has 2 atom stereocenters. The largest absolute Gasteiger partial charge is 0.345 e. The maximum absolute atomic E-state index is 11.6. The van der Waals surface area contributed by atoms with Crippen LogP contribution in [0.25, 0.3) is 0 Å². The van der Waals surface area contributed by atoms with E-state index in [2.05, 4.69) is 12.2 Å². The highest BCUT2D eigenvalue weighted by Gasteiger charge is 2.31. The normalized spacial score (nSPS) is 23.9. The Labute approximate surface area is 94.8 Å². The molecule has 1 saturated heterocycles. The van der Waals surface area contributed by atoms with Gasteiger partial charge >= 0.3 is 0 Å². The summed E-state index contributed by atoms with van der Waals surface area (Å²) in [4.78, 5) is 24.7. The van der Waals surface area contributed by atoms with Crippen LogP contribution in [0.15, 0.2) is 0 Å². The Morgan fingerprint density at radius 3 is 2.87 bits per heavy atom. The predicted molar refractivity (Wildman–Crippen MR) is 61.7 cm³/mol. The van der Waals surface area contributed by atoms with E-state index in [9.17, 15) is 9.59 Å². The first-order valence-electron chi connectivity index (χ1n) is 5.12. The van der Waals surface area contributed by atoms with Crippen molar-refractivity contribution in [3.05, 3.63) is 0 Å². The quantitative estimate of drug-likeness (QED) is 0.757. The van der Waals surface area contributed by atoms with Crippen LogP contribution in [0.2, 0.25) is 0 Å². The Bertz CT molecular complexity index is 258. The lowest BCUT2D eigenvalue weighted by atomic mass is 10.1. The zero-order valence-electron chi connectivity index (χ0n) is 9.45. The van der Waals surface area contributed by atoms with Gasteiger partial charge in [-0.2, -0.15) is 11.8 Å². The van der Waals surface area contributed by atoms with E-state index in [0.717, 1.165) is 5.75 Å². The van der Waals surface area contributed by atoms with Gasteiger partial charge < -0.3 is 10.2 Å². The van der Waals surface area contributed by atoms with Crippen LogP contribution in [0.5, 0.6) is 0 Å². The van der Waals surface area contributed by atoms with Crippen molar-refractivity contribution in [3.8, 4) is 0 Å². The first-order chi connectivity index (χ1) is 7.06. The van der Waals surface area contributed by atoms with Crippen LogP contribution in [0.4, 0.5) is 0 Å². The zero-order valence-corrected chi connectivity index (χ0v) is 10.3. The molecule has 2 amide bonds. The Morgan fingerprint density at radius 2 is 2.27 bits per heavy atom. The molecule has 0 aromatic carbocycles. The topological polar surface area (TPSA) is 49.4 Å². The lowest BCUT2D eigenvalue weighted by molar-refractivity contribution is -0.145. The van der Waals surface area contributed by atoms with Crippen LogP contribution in [0, 0.1) is 5.92 Å². The standard InChI is InChI=1S/C10H18N2O2S/c1-7(6-15-3)5-12-8(2)10(14)11-4-9(12)13/h7-8H,4-6H2,1-3H3,(H,11,14). The number of hydrogen-bond acceptors (Lipinski definition) is 3. The summed E-state index contributed by atoms with van der Waals surface area (Å²) in [5.74, 6) is 1.41. The zero-order chi connectivity index (χ0) is 11.4. The van der Waals surface area contributed by atoms with Gasteiger partial charge in [0.25, 0.3) is 0 Å². The molecule has 1 rings (SSSR count). The van der Waals surface area contributed by atoms with E-state index >= 15 is 0 Å². The van der Waals surface area contributed by atoms with Crippen molar-refractivity contribution in [1.82, 2.24) is 10.2 Å². The average molecular weight is 230 g/mol. The number of hydrogen-bond donors (Lipinski definition) is 1. The van der Waals surface area contributed by atoms with E-state index in [0.29, 0.717) is 12.5 Å². The lowest BCUT2D eigenvalue weighted by Gasteiger charge is -2.34. The summed E-state index contributed by atoms with van der Waals surface area (Å²) in [5, 5.41) is 2.58. The number of piperazine rings is 1. The SMILES string of the molecule is CSCC(C)CN1C(=O)CNC(=O)C1C. The molecule has 5 heteroatoms. The van der Waals surface area contributed by atoms with Gasteiger partial charge in [-0.25, -0.2) is 0 Å². The van der Waals surface area contributed by atoms with Gasteiger partial charge in [0.05, 0.1) is 6.54 Å². The summed E-state index contributed by atoms with van der Waals surface area (Å²) in [6.45, 7) is 4.70. The van der Waals surface area contributed by atoms with Crippen LogP contribution in [-0.4, -0.2) is 47.9 Å². The first-order valence-corrected chi connectivity index (χ1v) is 6.51. The van der Waals surface area contributed by atoms with Crippen LogP contribution < -0.4 is 5.32 Å². The van der Waals surface area contributed by atoms with Gasteiger partial charge in [0.2, 0.25) is 11.8 Å². The summed E-state index contributed by atoms with van der Waals surface area (Å²) in [7, 11) is 0. The summed E-state index contributed by atoms with van der Waals surface area (Å²) < 4.78 is 0. The van der Waals surface area contributed by atoms with Crippen molar-refractivity contribution in [2.24, 2.45) is 5.92 Å². The van der Waals surface area contributed by atoms with Crippen molar-refractivity contribution >= 4 is 23.6 Å². The van der Waals surface area contributed by atoms with Crippen LogP contribution >= 0.6 is 11.8 Å². The second-order valence-corrected chi connectivity index (χ2v) is 4.91. The van der Waals surface area contributed by atoms with Crippen molar-refractivity contribution < 1.29 is 9.59 Å². The van der Waals surface area contributed by atoms with E-state index in [1.807, 2.05) is 6.26 Å². The van der Waals surface area contributed by atoms with Gasteiger partial charge in [0.15, 0.2) is 0 Å². The average Bonchev–Trinajstić information content (AvgIpc) is 2.19. The van der Waals surface area contributed by atoms with E-state index in [4.69, 9.17) is 0 Å². The second kappa shape index (κ2) is 5.39. The van der Waals surface area contributed by atoms with Gasteiger partial charge in [0.1, 0.15) is 6.04 Å². The molecule has 2 unspecified atom stereocenters. The Balaban J connectivity index is 2.56. The van der Waals surface area contributed by atoms with Crippen molar-refractivity contribution in [2.45, 2.75) is 19.9 Å². The van der Waals surface area contributed by atoms with Crippen molar-refractivity contribution in [1.29, 1.82) is 0 Å². The van der Waals surface area contributed by atoms with E-state index in [1.165, 1.54) is 0 Å². The number of carbonyl (C=O) groups is 2. The molecule has 1 aliphatic rings. The molecule has 0 aromatic rings. The molecule has 1 heterocycles. The maximum Gasteiger partial charge on any atom is 0.242 e. The molecular formula is C10H18N2O2S. The molecule has 0 spiro atoms. The number of carbonyl (C=O) groups excluding carboxylic acids is 2. The summed E-state index contributed by atoms with van der Waals surface area (Å²) in [6, 6.07) is -0.324. The Morgan fingerprint density at radius 1 is 1.60 bits per heavy atom. The van der Waals surface area contributed by atoms with Gasteiger partial charge in [0, 0.05) is 6.54 Å². The molecule has 1 N–H and O–H groups in total. The summed E-state index contributed by atoms with van der Waals surface area (Å²) >= 11 is 1.76. The van der Waals surface area contributed by atoms with Gasteiger partial charge in [-0.3, -0.25) is 9.59 Å². The number of amides is 2. The summed E-state index contributed by atoms with van der Waals surface area (Å²) in [5.41, 5.74) is 0. The molecule has 86 valence electrons. The van der Waals surface area contributed by atoms with E-state index < -0.39 is 0 Å². The highest BCUT2D eigenvalue weighted by Crippen LogP contribution is 2.12. The minimum Gasteiger partial charge on any atom is -0.345 e. The monoisotopic (exact) mass is 230 g/mol. The van der Waals surface area contributed by atoms with Crippen LogP contribution in [0.3, 0.4) is 0 Å². The lowest BCUT2D eigenvalue weighted by Crippen LogP contribution is -2.58. The third-order valence-corrected chi connectivity index (χ3v) is 3.44. The molecule has 1 fully saturated rings. The molecule has 15 heavy (non-hydrogen) atoms. The number of thioether (sulfide) groups is 1. The highest BCUT2D eigenvalue weighted by atomic mass is 32.2. The molecule has 4 nitrogen and oxygen atoms in total. The molecular weight excluding hydrogens is 212 g/mol. The Hall–Kier alpha value is -0.710. The van der Waals surface area contributed by atoms with Gasteiger partial charge in [-0.05, 0) is 24.9 Å². The molecule has 0 aliphatic carbocycles. The molecule has 0 aromatic heterocycles. The molecule has 0 bridgehead atoms. The third kappa shape index (κ3) is 3.12. The minimum absolute atomic E-state index is 0.0232. The van der Waals surface area contributed by atoms with Crippen molar-refractivity contribution in [2.75, 3.05) is 25.1 Å². The van der Waals surface area contributed by atoms with Crippen LogP contribution in [0.1, 0.15) is 13.8 Å². The smallest absolute Gasteiger partial charge is 0.242 e. The predicted octanol–water partition coefficient (Wildman–Crippen LogP) is 0.332. The minimum atomic E-state index is -0.324.